The second-order valence-electron chi connectivity index (χ2n) is 4.87. The van der Waals surface area contributed by atoms with Crippen LogP contribution in [0.15, 0.2) is 11.6 Å². The zero-order valence-electron chi connectivity index (χ0n) is 10.3. The van der Waals surface area contributed by atoms with E-state index >= 15 is 0 Å². The molecule has 0 fully saturated rings. The lowest BCUT2D eigenvalue weighted by Gasteiger charge is -2.35. The van der Waals surface area contributed by atoms with Gasteiger partial charge in [-0.15, -0.1) is 0 Å². The first-order chi connectivity index (χ1) is 7.05. The van der Waals surface area contributed by atoms with E-state index in [1.54, 1.807) is 7.11 Å². The number of allylic oxidation sites excluding steroid dienone is 1. The first-order valence-electron chi connectivity index (χ1n) is 5.87. The fourth-order valence-electron chi connectivity index (χ4n) is 2.65. The van der Waals surface area contributed by atoms with Crippen molar-refractivity contribution in [3.63, 3.8) is 0 Å². The molecule has 0 bridgehead atoms. The van der Waals surface area contributed by atoms with E-state index in [-0.39, 0.29) is 11.3 Å². The third-order valence-electron chi connectivity index (χ3n) is 3.77. The van der Waals surface area contributed by atoms with Gasteiger partial charge in [0, 0.05) is 12.5 Å². The molecule has 1 nitrogen and oxygen atoms in total. The van der Waals surface area contributed by atoms with Gasteiger partial charge in [-0.2, -0.15) is 0 Å². The SMILES string of the molecule is CC[C@@H](F)[C@@H](C)[C@]1(COC)C=C(C)CC1. The lowest BCUT2D eigenvalue weighted by atomic mass is 9.73. The number of methoxy groups -OCH3 is 1. The van der Waals surface area contributed by atoms with Crippen LogP contribution < -0.4 is 0 Å². The predicted octanol–water partition coefficient (Wildman–Crippen LogP) is 3.74. The van der Waals surface area contributed by atoms with E-state index in [0.717, 1.165) is 12.8 Å². The molecular weight excluding hydrogens is 191 g/mol. The summed E-state index contributed by atoms with van der Waals surface area (Å²) in [6, 6.07) is 0. The molecule has 0 saturated heterocycles. The summed E-state index contributed by atoms with van der Waals surface area (Å²) in [6.45, 7) is 6.70. The molecule has 1 rings (SSSR count). The molecule has 0 saturated carbocycles. The molecule has 1 aliphatic carbocycles. The number of hydrogen-bond donors (Lipinski definition) is 0. The fraction of sp³-hybridized carbons (Fsp3) is 0.846. The molecule has 0 aliphatic heterocycles. The highest BCUT2D eigenvalue weighted by Gasteiger charge is 2.40. The Morgan fingerprint density at radius 3 is 2.67 bits per heavy atom. The highest BCUT2D eigenvalue weighted by Crippen LogP contribution is 2.44. The standard InChI is InChI=1S/C13H23FO/c1-5-12(14)11(3)13(9-15-4)7-6-10(2)8-13/h8,11-12H,5-7,9H2,1-4H3/t11-,12-,13+/m1/s1. The summed E-state index contributed by atoms with van der Waals surface area (Å²) in [7, 11) is 1.70. The third-order valence-corrected chi connectivity index (χ3v) is 3.77. The van der Waals surface area contributed by atoms with E-state index in [1.165, 1.54) is 5.57 Å². The molecule has 1 aliphatic rings. The number of ether oxygens (including phenoxy) is 1. The van der Waals surface area contributed by atoms with Crippen LogP contribution in [0.5, 0.6) is 0 Å². The molecule has 3 atom stereocenters. The van der Waals surface area contributed by atoms with Crippen molar-refractivity contribution in [3.05, 3.63) is 11.6 Å². The molecule has 0 N–H and O–H groups in total. The number of alkyl halides is 1. The Labute approximate surface area is 92.7 Å². The highest BCUT2D eigenvalue weighted by molar-refractivity contribution is 5.17. The fourth-order valence-corrected chi connectivity index (χ4v) is 2.65. The van der Waals surface area contributed by atoms with Crippen LogP contribution in [-0.4, -0.2) is 19.9 Å². The van der Waals surface area contributed by atoms with Crippen LogP contribution in [0.4, 0.5) is 4.39 Å². The summed E-state index contributed by atoms with van der Waals surface area (Å²) in [5.74, 6) is 0.0555. The van der Waals surface area contributed by atoms with E-state index in [2.05, 4.69) is 13.0 Å². The summed E-state index contributed by atoms with van der Waals surface area (Å²) in [6.07, 6.45) is 4.24. The van der Waals surface area contributed by atoms with Crippen molar-refractivity contribution in [2.24, 2.45) is 11.3 Å². The molecule has 0 aromatic carbocycles. The van der Waals surface area contributed by atoms with Gasteiger partial charge in [-0.1, -0.05) is 25.5 Å². The summed E-state index contributed by atoms with van der Waals surface area (Å²) in [5.41, 5.74) is 1.32. The van der Waals surface area contributed by atoms with Crippen molar-refractivity contribution in [2.75, 3.05) is 13.7 Å². The van der Waals surface area contributed by atoms with Crippen molar-refractivity contribution in [2.45, 2.75) is 46.2 Å². The zero-order valence-corrected chi connectivity index (χ0v) is 10.3. The van der Waals surface area contributed by atoms with E-state index in [1.807, 2.05) is 13.8 Å². The van der Waals surface area contributed by atoms with Crippen LogP contribution in [0.2, 0.25) is 0 Å². The second-order valence-corrected chi connectivity index (χ2v) is 4.87. The average Bonchev–Trinajstić information content (AvgIpc) is 2.59. The van der Waals surface area contributed by atoms with Crippen molar-refractivity contribution in [1.82, 2.24) is 0 Å². The van der Waals surface area contributed by atoms with Crippen LogP contribution in [0.25, 0.3) is 0 Å². The monoisotopic (exact) mass is 214 g/mol. The summed E-state index contributed by atoms with van der Waals surface area (Å²) >= 11 is 0. The largest absolute Gasteiger partial charge is 0.384 e. The Morgan fingerprint density at radius 1 is 1.60 bits per heavy atom. The first-order valence-corrected chi connectivity index (χ1v) is 5.87. The minimum Gasteiger partial charge on any atom is -0.384 e. The quantitative estimate of drug-likeness (QED) is 0.633. The van der Waals surface area contributed by atoms with E-state index < -0.39 is 6.17 Å². The first kappa shape index (κ1) is 12.7. The number of rotatable bonds is 5. The maximum atomic E-state index is 13.8. The van der Waals surface area contributed by atoms with Gasteiger partial charge in [-0.05, 0) is 32.1 Å². The van der Waals surface area contributed by atoms with Gasteiger partial charge in [-0.3, -0.25) is 0 Å². The molecular formula is C13H23FO. The van der Waals surface area contributed by atoms with Gasteiger partial charge in [0.25, 0.3) is 0 Å². The summed E-state index contributed by atoms with van der Waals surface area (Å²) in [4.78, 5) is 0. The summed E-state index contributed by atoms with van der Waals surface area (Å²) < 4.78 is 19.1. The van der Waals surface area contributed by atoms with E-state index in [0.29, 0.717) is 13.0 Å². The van der Waals surface area contributed by atoms with Crippen LogP contribution in [0, 0.1) is 11.3 Å². The van der Waals surface area contributed by atoms with Crippen LogP contribution in [0.3, 0.4) is 0 Å². The average molecular weight is 214 g/mol. The molecule has 0 aromatic heterocycles. The Morgan fingerprint density at radius 2 is 2.27 bits per heavy atom. The van der Waals surface area contributed by atoms with Gasteiger partial charge in [0.2, 0.25) is 0 Å². The van der Waals surface area contributed by atoms with Crippen molar-refractivity contribution < 1.29 is 9.13 Å². The number of halogens is 1. The van der Waals surface area contributed by atoms with Crippen molar-refractivity contribution >= 4 is 0 Å². The Balaban J connectivity index is 2.82. The minimum atomic E-state index is -0.720. The maximum Gasteiger partial charge on any atom is 0.103 e. The van der Waals surface area contributed by atoms with Gasteiger partial charge in [-0.25, -0.2) is 4.39 Å². The second kappa shape index (κ2) is 5.11. The lowest BCUT2D eigenvalue weighted by molar-refractivity contribution is 0.0363. The van der Waals surface area contributed by atoms with Crippen molar-refractivity contribution in [1.29, 1.82) is 0 Å². The topological polar surface area (TPSA) is 9.23 Å². The highest BCUT2D eigenvalue weighted by atomic mass is 19.1. The maximum absolute atomic E-state index is 13.8. The lowest BCUT2D eigenvalue weighted by Crippen LogP contribution is -2.35. The van der Waals surface area contributed by atoms with Gasteiger partial charge in [0.15, 0.2) is 0 Å². The van der Waals surface area contributed by atoms with Crippen LogP contribution >= 0.6 is 0 Å². The van der Waals surface area contributed by atoms with E-state index in [9.17, 15) is 4.39 Å². The molecule has 2 heteroatoms. The molecule has 0 spiro atoms. The molecule has 0 radical (unpaired) electrons. The Bertz CT molecular complexity index is 237. The molecule has 0 heterocycles. The van der Waals surface area contributed by atoms with Gasteiger partial charge >= 0.3 is 0 Å². The van der Waals surface area contributed by atoms with Gasteiger partial charge in [0.1, 0.15) is 6.17 Å². The summed E-state index contributed by atoms with van der Waals surface area (Å²) in [5, 5.41) is 0. The molecule has 0 amide bonds. The molecule has 15 heavy (non-hydrogen) atoms. The van der Waals surface area contributed by atoms with Gasteiger partial charge < -0.3 is 4.74 Å². The third kappa shape index (κ3) is 2.60. The van der Waals surface area contributed by atoms with E-state index in [4.69, 9.17) is 4.74 Å². The number of hydrogen-bond acceptors (Lipinski definition) is 1. The zero-order chi connectivity index (χ0) is 11.5. The van der Waals surface area contributed by atoms with Crippen molar-refractivity contribution in [3.8, 4) is 0 Å². The smallest absolute Gasteiger partial charge is 0.103 e. The predicted molar refractivity (Wildman–Crippen MR) is 61.7 cm³/mol. The Kier molecular flexibility index (Phi) is 4.32. The molecule has 0 unspecified atom stereocenters. The minimum absolute atomic E-state index is 0.0555. The normalized spacial score (nSPS) is 30.1. The Hall–Kier alpha value is -0.370. The van der Waals surface area contributed by atoms with Crippen LogP contribution in [-0.2, 0) is 4.74 Å². The van der Waals surface area contributed by atoms with Crippen LogP contribution in [0.1, 0.15) is 40.0 Å². The van der Waals surface area contributed by atoms with Gasteiger partial charge in [0.05, 0.1) is 6.61 Å². The molecule has 0 aromatic rings. The molecule has 88 valence electrons.